The van der Waals surface area contributed by atoms with E-state index in [1.54, 1.807) is 36.4 Å². The van der Waals surface area contributed by atoms with E-state index in [1.807, 2.05) is 6.92 Å². The number of aromatic amines is 1. The average Bonchev–Trinajstić information content (AvgIpc) is 2.75. The molecule has 0 aliphatic carbocycles. The van der Waals surface area contributed by atoms with Crippen LogP contribution in [0.3, 0.4) is 0 Å². The number of H-pyrrole nitrogens is 1. The Morgan fingerprint density at radius 1 is 1.28 bits per heavy atom. The van der Waals surface area contributed by atoms with Gasteiger partial charge in [-0.2, -0.15) is 0 Å². The van der Waals surface area contributed by atoms with Crippen LogP contribution in [0.1, 0.15) is 29.0 Å². The molecule has 0 spiro atoms. The highest BCUT2D eigenvalue weighted by molar-refractivity contribution is 7.98. The molecule has 2 heterocycles. The Hall–Kier alpha value is -3.17. The van der Waals surface area contributed by atoms with E-state index in [0.717, 1.165) is 17.3 Å². The van der Waals surface area contributed by atoms with Crippen LogP contribution in [0.2, 0.25) is 5.02 Å². The maximum Gasteiger partial charge on any atom is 0.257 e. The van der Waals surface area contributed by atoms with Gasteiger partial charge in [0.1, 0.15) is 11.6 Å². The first-order valence-corrected chi connectivity index (χ1v) is 11.1. The van der Waals surface area contributed by atoms with Crippen LogP contribution in [0.5, 0.6) is 0 Å². The van der Waals surface area contributed by atoms with Crippen molar-refractivity contribution in [3.05, 3.63) is 80.3 Å². The summed E-state index contributed by atoms with van der Waals surface area (Å²) in [7, 11) is 0. The van der Waals surface area contributed by atoms with Crippen LogP contribution in [-0.4, -0.2) is 21.8 Å². The number of anilines is 2. The minimum atomic E-state index is -1.01. The van der Waals surface area contributed by atoms with Gasteiger partial charge in [-0.3, -0.25) is 14.4 Å². The normalized spacial score (nSPS) is 15.1. The van der Waals surface area contributed by atoms with Gasteiger partial charge in [0.05, 0.1) is 11.5 Å². The second-order valence-electron chi connectivity index (χ2n) is 7.27. The lowest BCUT2D eigenvalue weighted by Crippen LogP contribution is -2.36. The zero-order valence-corrected chi connectivity index (χ0v) is 18.4. The van der Waals surface area contributed by atoms with E-state index in [-0.39, 0.29) is 34.5 Å². The lowest BCUT2D eigenvalue weighted by Gasteiger charge is -2.23. The molecule has 1 unspecified atom stereocenters. The molecule has 3 N–H and O–H groups in total. The number of carbonyl (C=O) groups is 2. The van der Waals surface area contributed by atoms with Crippen LogP contribution in [0.25, 0.3) is 0 Å². The third-order valence-electron chi connectivity index (χ3n) is 5.01. The maximum absolute atomic E-state index is 13.8. The van der Waals surface area contributed by atoms with Crippen LogP contribution >= 0.6 is 23.4 Å². The second kappa shape index (κ2) is 9.13. The van der Waals surface area contributed by atoms with Crippen molar-refractivity contribution in [2.24, 2.45) is 0 Å². The Morgan fingerprint density at radius 2 is 2.06 bits per heavy atom. The number of aromatic nitrogens is 2. The Bertz CT molecular complexity index is 1280. The number of nitrogens with zero attached hydrogens (tertiary/aromatic N) is 1. The van der Waals surface area contributed by atoms with Gasteiger partial charge in [0.15, 0.2) is 5.16 Å². The van der Waals surface area contributed by atoms with Gasteiger partial charge in [-0.15, -0.1) is 0 Å². The van der Waals surface area contributed by atoms with Crippen molar-refractivity contribution in [3.63, 3.8) is 0 Å². The third-order valence-corrected chi connectivity index (χ3v) is 6.34. The summed E-state index contributed by atoms with van der Waals surface area (Å²) in [5.74, 6) is -2.05. The van der Waals surface area contributed by atoms with E-state index >= 15 is 0 Å². The van der Waals surface area contributed by atoms with Crippen LogP contribution in [-0.2, 0) is 15.3 Å². The summed E-state index contributed by atoms with van der Waals surface area (Å²) in [5.41, 5.74) is 1.31. The zero-order valence-electron chi connectivity index (χ0n) is 16.9. The number of carbonyl (C=O) groups excluding carboxylic acids is 2. The van der Waals surface area contributed by atoms with Gasteiger partial charge in [-0.1, -0.05) is 47.6 Å². The average molecular weight is 473 g/mol. The fourth-order valence-electron chi connectivity index (χ4n) is 3.30. The maximum atomic E-state index is 13.8. The van der Waals surface area contributed by atoms with Crippen LogP contribution in [0.4, 0.5) is 15.9 Å². The lowest BCUT2D eigenvalue weighted by molar-refractivity contribution is -0.123. The minimum absolute atomic E-state index is 0.0307. The van der Waals surface area contributed by atoms with Crippen LogP contribution in [0.15, 0.2) is 52.4 Å². The molecule has 1 aliphatic rings. The predicted molar refractivity (Wildman–Crippen MR) is 122 cm³/mol. The van der Waals surface area contributed by atoms with Gasteiger partial charge in [0.25, 0.3) is 5.56 Å². The Morgan fingerprint density at radius 3 is 2.81 bits per heavy atom. The standard InChI is InChI=1S/C22H18ClFN4O3S/c1-11-6-7-13(8-15(11)23)25-20(30)14-9-17(29)26-19-18(14)21(31)28-22(27-19)32-10-12-4-2-3-5-16(12)24/h2-8,14H,9-10H2,1H3,(H,25,30)(H2,26,27,28,29,31). The van der Waals surface area contributed by atoms with Crippen LogP contribution in [0, 0.1) is 12.7 Å². The molecule has 4 rings (SSSR count). The number of nitrogens with one attached hydrogen (secondary N) is 3. The molecule has 0 saturated carbocycles. The Labute approximate surface area is 191 Å². The molecular formula is C22H18ClFN4O3S. The van der Waals surface area contributed by atoms with Gasteiger partial charge >= 0.3 is 0 Å². The number of fused-ring (bicyclic) bond motifs is 1. The lowest BCUT2D eigenvalue weighted by atomic mass is 9.92. The molecule has 7 nitrogen and oxygen atoms in total. The summed E-state index contributed by atoms with van der Waals surface area (Å²) in [5, 5.41) is 5.96. The monoisotopic (exact) mass is 472 g/mol. The highest BCUT2D eigenvalue weighted by Crippen LogP contribution is 2.31. The second-order valence-corrected chi connectivity index (χ2v) is 8.64. The van der Waals surface area contributed by atoms with Gasteiger partial charge in [0.2, 0.25) is 11.8 Å². The summed E-state index contributed by atoms with van der Waals surface area (Å²) in [6.45, 7) is 1.84. The highest BCUT2D eigenvalue weighted by atomic mass is 35.5. The number of hydrogen-bond donors (Lipinski definition) is 3. The Balaban J connectivity index is 1.58. The van der Waals surface area contributed by atoms with Crippen LogP contribution < -0.4 is 16.2 Å². The van der Waals surface area contributed by atoms with Crippen molar-refractivity contribution in [1.29, 1.82) is 0 Å². The van der Waals surface area contributed by atoms with E-state index in [4.69, 9.17) is 11.6 Å². The fourth-order valence-corrected chi connectivity index (χ4v) is 4.33. The molecule has 1 atom stereocenters. The van der Waals surface area contributed by atoms with Gasteiger partial charge < -0.3 is 15.6 Å². The minimum Gasteiger partial charge on any atom is -0.325 e. The molecule has 3 aromatic rings. The molecule has 2 aromatic carbocycles. The number of rotatable bonds is 5. The summed E-state index contributed by atoms with van der Waals surface area (Å²) >= 11 is 7.23. The van der Waals surface area contributed by atoms with E-state index in [1.165, 1.54) is 6.07 Å². The quantitative estimate of drug-likeness (QED) is 0.381. The van der Waals surface area contributed by atoms with E-state index in [0.29, 0.717) is 16.3 Å². The summed E-state index contributed by atoms with van der Waals surface area (Å²) in [6, 6.07) is 11.3. The number of benzene rings is 2. The number of aryl methyl sites for hydroxylation is 1. The first-order chi connectivity index (χ1) is 15.3. The summed E-state index contributed by atoms with van der Waals surface area (Å²) in [4.78, 5) is 44.8. The van der Waals surface area contributed by atoms with E-state index < -0.39 is 23.3 Å². The smallest absolute Gasteiger partial charge is 0.257 e. The van der Waals surface area contributed by atoms with Gasteiger partial charge in [-0.05, 0) is 36.2 Å². The van der Waals surface area contributed by atoms with Crippen molar-refractivity contribution in [2.75, 3.05) is 10.6 Å². The van der Waals surface area contributed by atoms with E-state index in [9.17, 15) is 18.8 Å². The molecule has 2 amide bonds. The zero-order chi connectivity index (χ0) is 22.8. The van der Waals surface area contributed by atoms with Crippen molar-refractivity contribution in [3.8, 4) is 0 Å². The molecule has 10 heteroatoms. The first-order valence-electron chi connectivity index (χ1n) is 9.69. The fraction of sp³-hybridized carbons (Fsp3) is 0.182. The molecule has 1 aromatic heterocycles. The molecule has 0 radical (unpaired) electrons. The van der Waals surface area contributed by atoms with Crippen molar-refractivity contribution >= 4 is 46.7 Å². The van der Waals surface area contributed by atoms with Gasteiger partial charge in [0, 0.05) is 22.9 Å². The molecule has 0 fully saturated rings. The van der Waals surface area contributed by atoms with E-state index in [2.05, 4.69) is 20.6 Å². The van der Waals surface area contributed by atoms with Gasteiger partial charge in [-0.25, -0.2) is 9.37 Å². The molecular weight excluding hydrogens is 455 g/mol. The SMILES string of the molecule is Cc1ccc(NC(=O)C2CC(=O)Nc3nc(SCc4ccccc4F)[nH]c(=O)c32)cc1Cl. The number of thioether (sulfide) groups is 1. The topological polar surface area (TPSA) is 104 Å². The highest BCUT2D eigenvalue weighted by Gasteiger charge is 2.34. The third kappa shape index (κ3) is 4.68. The number of amides is 2. The number of hydrogen-bond acceptors (Lipinski definition) is 5. The van der Waals surface area contributed by atoms with Crippen molar-refractivity contribution in [1.82, 2.24) is 9.97 Å². The Kier molecular flexibility index (Phi) is 6.29. The van der Waals surface area contributed by atoms with Crippen molar-refractivity contribution in [2.45, 2.75) is 30.2 Å². The first kappa shape index (κ1) is 22.0. The molecule has 32 heavy (non-hydrogen) atoms. The molecule has 0 saturated heterocycles. The summed E-state index contributed by atoms with van der Waals surface area (Å²) in [6.07, 6.45) is -0.190. The molecule has 164 valence electrons. The largest absolute Gasteiger partial charge is 0.325 e. The predicted octanol–water partition coefficient (Wildman–Crippen LogP) is 4.23. The summed E-state index contributed by atoms with van der Waals surface area (Å²) < 4.78 is 13.8. The number of halogens is 2. The molecule has 1 aliphatic heterocycles. The van der Waals surface area contributed by atoms with Crippen molar-refractivity contribution < 1.29 is 14.0 Å². The molecule has 0 bridgehead atoms.